The fourth-order valence-corrected chi connectivity index (χ4v) is 3.48. The fourth-order valence-electron chi connectivity index (χ4n) is 3.48. The summed E-state index contributed by atoms with van der Waals surface area (Å²) in [6.07, 6.45) is 5.84. The number of nitrogens with one attached hydrogen (secondary N) is 1. The van der Waals surface area contributed by atoms with Crippen LogP contribution in [0.3, 0.4) is 0 Å². The second-order valence-electron chi connectivity index (χ2n) is 7.95. The van der Waals surface area contributed by atoms with Crippen LogP contribution in [-0.2, 0) is 9.53 Å². The Balaban J connectivity index is 0.00000264. The van der Waals surface area contributed by atoms with Crippen molar-refractivity contribution < 1.29 is 9.53 Å². The molecule has 2 fully saturated rings. The molecule has 1 atom stereocenters. The van der Waals surface area contributed by atoms with E-state index in [0.29, 0.717) is 6.54 Å². The molecule has 2 rings (SSSR count). The standard InChI is InChI=1S/C17H33N3O2.2ClH/c1-16(2,3)14(18)15(21)19-13-17(7-11-22-12-8-17)20-9-5-4-6-10-20;;/h14H,4-13,18H2,1-3H3,(H,19,21);2*1H/t14-;;/m1../s1. The number of hydrogen-bond donors (Lipinski definition) is 2. The van der Waals surface area contributed by atoms with Crippen LogP contribution in [0.15, 0.2) is 0 Å². The Morgan fingerprint density at radius 3 is 2.21 bits per heavy atom. The Morgan fingerprint density at radius 2 is 1.71 bits per heavy atom. The average molecular weight is 384 g/mol. The minimum atomic E-state index is -0.467. The molecule has 0 aliphatic carbocycles. The van der Waals surface area contributed by atoms with Crippen LogP contribution in [0.2, 0.25) is 0 Å². The van der Waals surface area contributed by atoms with Gasteiger partial charge in [-0.15, -0.1) is 24.8 Å². The lowest BCUT2D eigenvalue weighted by Crippen LogP contribution is -2.61. The number of carbonyl (C=O) groups is 1. The summed E-state index contributed by atoms with van der Waals surface area (Å²) < 4.78 is 5.56. The molecule has 0 aromatic rings. The van der Waals surface area contributed by atoms with Crippen molar-refractivity contribution in [3.05, 3.63) is 0 Å². The van der Waals surface area contributed by atoms with Crippen molar-refractivity contribution >= 4 is 30.7 Å². The number of halogens is 2. The third kappa shape index (κ3) is 6.03. The van der Waals surface area contributed by atoms with Gasteiger partial charge < -0.3 is 15.8 Å². The first-order chi connectivity index (χ1) is 10.4. The first-order valence-electron chi connectivity index (χ1n) is 8.71. The quantitative estimate of drug-likeness (QED) is 0.781. The highest BCUT2D eigenvalue weighted by atomic mass is 35.5. The van der Waals surface area contributed by atoms with E-state index in [0.717, 1.165) is 39.1 Å². The summed E-state index contributed by atoms with van der Waals surface area (Å²) in [5, 5.41) is 3.14. The van der Waals surface area contributed by atoms with Gasteiger partial charge in [-0.05, 0) is 44.2 Å². The molecule has 0 bridgehead atoms. The maximum absolute atomic E-state index is 12.4. The summed E-state index contributed by atoms with van der Waals surface area (Å²) in [6.45, 7) is 10.6. The predicted molar refractivity (Wildman–Crippen MR) is 103 cm³/mol. The van der Waals surface area contributed by atoms with Crippen molar-refractivity contribution in [3.63, 3.8) is 0 Å². The second-order valence-corrected chi connectivity index (χ2v) is 7.95. The maximum Gasteiger partial charge on any atom is 0.237 e. The summed E-state index contributed by atoms with van der Waals surface area (Å²) in [7, 11) is 0. The van der Waals surface area contributed by atoms with E-state index in [2.05, 4.69) is 10.2 Å². The Kier molecular flexibility index (Phi) is 10.1. The van der Waals surface area contributed by atoms with Gasteiger partial charge in [0.25, 0.3) is 0 Å². The molecule has 0 saturated carbocycles. The van der Waals surface area contributed by atoms with E-state index >= 15 is 0 Å². The zero-order valence-corrected chi connectivity index (χ0v) is 16.9. The number of likely N-dealkylation sites (tertiary alicyclic amines) is 1. The van der Waals surface area contributed by atoms with E-state index < -0.39 is 6.04 Å². The molecule has 3 N–H and O–H groups in total. The van der Waals surface area contributed by atoms with Gasteiger partial charge in [0, 0.05) is 25.3 Å². The molecule has 2 aliphatic heterocycles. The van der Waals surface area contributed by atoms with Crippen LogP contribution in [-0.4, -0.2) is 55.2 Å². The largest absolute Gasteiger partial charge is 0.381 e. The number of nitrogens with two attached hydrogens (primary N) is 1. The average Bonchev–Trinajstić information content (AvgIpc) is 2.53. The Morgan fingerprint density at radius 1 is 1.17 bits per heavy atom. The third-order valence-corrected chi connectivity index (χ3v) is 5.26. The summed E-state index contributed by atoms with van der Waals surface area (Å²) >= 11 is 0. The van der Waals surface area contributed by atoms with E-state index in [1.54, 1.807) is 0 Å². The topological polar surface area (TPSA) is 67.6 Å². The summed E-state index contributed by atoms with van der Waals surface area (Å²) in [5.74, 6) is -0.0321. The van der Waals surface area contributed by atoms with Crippen molar-refractivity contribution in [2.24, 2.45) is 11.1 Å². The molecular formula is C17H35Cl2N3O2. The van der Waals surface area contributed by atoms with Gasteiger partial charge in [0.05, 0.1) is 6.04 Å². The van der Waals surface area contributed by atoms with Crippen molar-refractivity contribution in [3.8, 4) is 0 Å². The first kappa shape index (κ1) is 23.9. The highest BCUT2D eigenvalue weighted by Gasteiger charge is 2.40. The van der Waals surface area contributed by atoms with Crippen LogP contribution in [0.5, 0.6) is 0 Å². The molecule has 5 nitrogen and oxygen atoms in total. The highest BCUT2D eigenvalue weighted by molar-refractivity contribution is 5.85. The predicted octanol–water partition coefficient (Wildman–Crippen LogP) is 2.35. The molecule has 2 saturated heterocycles. The molecule has 0 spiro atoms. The van der Waals surface area contributed by atoms with E-state index in [4.69, 9.17) is 10.5 Å². The molecule has 144 valence electrons. The summed E-state index contributed by atoms with van der Waals surface area (Å²) in [5.41, 5.74) is 5.93. The molecule has 7 heteroatoms. The SMILES string of the molecule is CC(C)(C)[C@H](N)C(=O)NCC1(N2CCCCC2)CCOCC1.Cl.Cl. The lowest BCUT2D eigenvalue weighted by molar-refractivity contribution is -0.126. The van der Waals surface area contributed by atoms with Gasteiger partial charge in [0.1, 0.15) is 0 Å². The molecule has 0 radical (unpaired) electrons. The zero-order valence-electron chi connectivity index (χ0n) is 15.3. The minimum absolute atomic E-state index is 0. The van der Waals surface area contributed by atoms with Crippen molar-refractivity contribution in [2.75, 3.05) is 32.8 Å². The number of ether oxygens (including phenoxy) is 1. The Labute approximate surface area is 159 Å². The zero-order chi connectivity index (χ0) is 16.2. The number of amides is 1. The van der Waals surface area contributed by atoms with Crippen LogP contribution in [0.4, 0.5) is 0 Å². The monoisotopic (exact) mass is 383 g/mol. The van der Waals surface area contributed by atoms with Crippen molar-refractivity contribution in [2.45, 2.75) is 64.5 Å². The second kappa shape index (κ2) is 10.2. The minimum Gasteiger partial charge on any atom is -0.381 e. The van der Waals surface area contributed by atoms with Gasteiger partial charge in [-0.1, -0.05) is 27.2 Å². The molecule has 0 aromatic carbocycles. The third-order valence-electron chi connectivity index (χ3n) is 5.26. The number of rotatable bonds is 4. The van der Waals surface area contributed by atoms with Gasteiger partial charge in [-0.2, -0.15) is 0 Å². The van der Waals surface area contributed by atoms with Crippen molar-refractivity contribution in [1.82, 2.24) is 10.2 Å². The lowest BCUT2D eigenvalue weighted by Gasteiger charge is -2.48. The van der Waals surface area contributed by atoms with Crippen LogP contribution in [0, 0.1) is 5.41 Å². The van der Waals surface area contributed by atoms with Gasteiger partial charge in [-0.25, -0.2) is 0 Å². The smallest absolute Gasteiger partial charge is 0.237 e. The van der Waals surface area contributed by atoms with Crippen LogP contribution in [0.1, 0.15) is 52.9 Å². The maximum atomic E-state index is 12.4. The van der Waals surface area contributed by atoms with E-state index in [-0.39, 0.29) is 41.7 Å². The summed E-state index contributed by atoms with van der Waals surface area (Å²) in [4.78, 5) is 15.0. The van der Waals surface area contributed by atoms with Gasteiger partial charge in [0.2, 0.25) is 5.91 Å². The molecule has 1 amide bonds. The summed E-state index contributed by atoms with van der Waals surface area (Å²) in [6, 6.07) is -0.467. The molecule has 0 aromatic heterocycles. The Hall–Kier alpha value is -0.0700. The molecular weight excluding hydrogens is 349 g/mol. The van der Waals surface area contributed by atoms with E-state index in [9.17, 15) is 4.79 Å². The molecule has 24 heavy (non-hydrogen) atoms. The normalized spacial score (nSPS) is 22.7. The lowest BCUT2D eigenvalue weighted by atomic mass is 9.84. The Bertz CT molecular complexity index is 377. The van der Waals surface area contributed by atoms with Crippen LogP contribution < -0.4 is 11.1 Å². The fraction of sp³-hybridized carbons (Fsp3) is 0.941. The van der Waals surface area contributed by atoms with Crippen LogP contribution >= 0.6 is 24.8 Å². The van der Waals surface area contributed by atoms with Crippen molar-refractivity contribution in [1.29, 1.82) is 0 Å². The molecule has 2 heterocycles. The molecule has 2 aliphatic rings. The van der Waals surface area contributed by atoms with E-state index in [1.165, 1.54) is 19.3 Å². The number of nitrogens with zero attached hydrogens (tertiary/aromatic N) is 1. The molecule has 0 unspecified atom stereocenters. The van der Waals surface area contributed by atoms with Gasteiger partial charge in [0.15, 0.2) is 0 Å². The highest BCUT2D eigenvalue weighted by Crippen LogP contribution is 2.30. The number of piperidine rings is 1. The number of carbonyl (C=O) groups excluding carboxylic acids is 1. The number of hydrogen-bond acceptors (Lipinski definition) is 4. The first-order valence-corrected chi connectivity index (χ1v) is 8.71. The van der Waals surface area contributed by atoms with Gasteiger partial charge >= 0.3 is 0 Å². The van der Waals surface area contributed by atoms with Gasteiger partial charge in [-0.3, -0.25) is 9.69 Å². The van der Waals surface area contributed by atoms with E-state index in [1.807, 2.05) is 20.8 Å². The van der Waals surface area contributed by atoms with Crippen LogP contribution in [0.25, 0.3) is 0 Å².